The van der Waals surface area contributed by atoms with Crippen molar-refractivity contribution in [1.82, 2.24) is 5.32 Å². The first-order valence-corrected chi connectivity index (χ1v) is 9.15. The molecule has 2 aromatic carbocycles. The smallest absolute Gasteiger partial charge is 0.244 e. The lowest BCUT2D eigenvalue weighted by molar-refractivity contribution is -0.116. The summed E-state index contributed by atoms with van der Waals surface area (Å²) < 4.78 is 28.2. The minimum Gasteiger partial charge on any atom is -0.495 e. The first kappa shape index (κ1) is 18.7. The Morgan fingerprint density at radius 2 is 1.92 bits per heavy atom. The SMILES string of the molecule is COc1ccc(CCNC(=O)/C=C/c2ccccc2)cc1S(N)(=O)=O. The number of hydrogen-bond donors (Lipinski definition) is 2. The summed E-state index contributed by atoms with van der Waals surface area (Å²) in [4.78, 5) is 11.7. The summed E-state index contributed by atoms with van der Waals surface area (Å²) in [6.07, 6.45) is 3.65. The quantitative estimate of drug-likeness (QED) is 0.735. The van der Waals surface area contributed by atoms with Gasteiger partial charge in [-0.2, -0.15) is 0 Å². The van der Waals surface area contributed by atoms with Gasteiger partial charge in [0.15, 0.2) is 0 Å². The van der Waals surface area contributed by atoms with E-state index in [0.29, 0.717) is 13.0 Å². The molecule has 0 heterocycles. The minimum atomic E-state index is -3.87. The van der Waals surface area contributed by atoms with Crippen LogP contribution in [0, 0.1) is 0 Å². The minimum absolute atomic E-state index is 0.0669. The van der Waals surface area contributed by atoms with E-state index in [1.165, 1.54) is 19.3 Å². The highest BCUT2D eigenvalue weighted by Gasteiger charge is 2.15. The second-order valence-corrected chi connectivity index (χ2v) is 6.85. The monoisotopic (exact) mass is 360 g/mol. The van der Waals surface area contributed by atoms with E-state index >= 15 is 0 Å². The number of rotatable bonds is 7. The fourth-order valence-corrected chi connectivity index (χ4v) is 2.97. The largest absolute Gasteiger partial charge is 0.495 e. The van der Waals surface area contributed by atoms with Crippen LogP contribution in [0.25, 0.3) is 6.08 Å². The van der Waals surface area contributed by atoms with Gasteiger partial charge in [0.05, 0.1) is 7.11 Å². The maximum Gasteiger partial charge on any atom is 0.244 e. The molecule has 3 N–H and O–H groups in total. The van der Waals surface area contributed by atoms with Gasteiger partial charge in [-0.15, -0.1) is 0 Å². The Morgan fingerprint density at radius 3 is 2.56 bits per heavy atom. The van der Waals surface area contributed by atoms with E-state index in [1.807, 2.05) is 30.3 Å². The molecule has 0 fully saturated rings. The first-order chi connectivity index (χ1) is 11.9. The van der Waals surface area contributed by atoms with Crippen LogP contribution in [0.5, 0.6) is 5.75 Å². The number of hydrogen-bond acceptors (Lipinski definition) is 4. The van der Waals surface area contributed by atoms with Gasteiger partial charge in [0.1, 0.15) is 10.6 Å². The van der Waals surface area contributed by atoms with Crippen molar-refractivity contribution in [2.45, 2.75) is 11.3 Å². The Bertz CT molecular complexity index is 862. The predicted molar refractivity (Wildman–Crippen MR) is 96.6 cm³/mol. The molecule has 0 spiro atoms. The summed E-state index contributed by atoms with van der Waals surface area (Å²) in [5, 5.41) is 7.94. The number of nitrogens with one attached hydrogen (secondary N) is 1. The zero-order valence-electron chi connectivity index (χ0n) is 13.8. The summed E-state index contributed by atoms with van der Waals surface area (Å²) in [6, 6.07) is 14.2. The molecule has 25 heavy (non-hydrogen) atoms. The first-order valence-electron chi connectivity index (χ1n) is 7.61. The number of methoxy groups -OCH3 is 1. The number of sulfonamides is 1. The number of carbonyl (C=O) groups is 1. The Labute approximate surface area is 147 Å². The third-order valence-electron chi connectivity index (χ3n) is 3.47. The van der Waals surface area contributed by atoms with Gasteiger partial charge in [0.2, 0.25) is 15.9 Å². The van der Waals surface area contributed by atoms with Crippen LogP contribution < -0.4 is 15.2 Å². The Morgan fingerprint density at radius 1 is 1.20 bits per heavy atom. The Balaban J connectivity index is 1.93. The topological polar surface area (TPSA) is 98.5 Å². The van der Waals surface area contributed by atoms with Crippen molar-refractivity contribution < 1.29 is 17.9 Å². The molecule has 6 nitrogen and oxygen atoms in total. The van der Waals surface area contributed by atoms with Crippen LogP contribution in [0.2, 0.25) is 0 Å². The lowest BCUT2D eigenvalue weighted by Crippen LogP contribution is -2.23. The molecule has 0 bridgehead atoms. The van der Waals surface area contributed by atoms with Crippen LogP contribution in [0.15, 0.2) is 59.5 Å². The molecule has 2 rings (SSSR count). The third kappa shape index (κ3) is 5.74. The molecule has 2 aromatic rings. The van der Waals surface area contributed by atoms with Crippen LogP contribution >= 0.6 is 0 Å². The lowest BCUT2D eigenvalue weighted by Gasteiger charge is -2.09. The fourth-order valence-electron chi connectivity index (χ4n) is 2.22. The summed E-state index contributed by atoms with van der Waals surface area (Å²) in [7, 11) is -2.49. The van der Waals surface area contributed by atoms with E-state index in [4.69, 9.17) is 9.88 Å². The van der Waals surface area contributed by atoms with Crippen molar-refractivity contribution in [3.63, 3.8) is 0 Å². The molecule has 132 valence electrons. The average molecular weight is 360 g/mol. The summed E-state index contributed by atoms with van der Waals surface area (Å²) >= 11 is 0. The normalized spacial score (nSPS) is 11.4. The van der Waals surface area contributed by atoms with Gasteiger partial charge in [0, 0.05) is 12.6 Å². The number of primary sulfonamides is 1. The van der Waals surface area contributed by atoms with E-state index < -0.39 is 10.0 Å². The summed E-state index contributed by atoms with van der Waals surface area (Å²) in [6.45, 7) is 0.369. The average Bonchev–Trinajstić information content (AvgIpc) is 2.60. The number of amides is 1. The highest BCUT2D eigenvalue weighted by atomic mass is 32.2. The van der Waals surface area contributed by atoms with Gasteiger partial charge in [0.25, 0.3) is 0 Å². The van der Waals surface area contributed by atoms with Gasteiger partial charge in [-0.25, -0.2) is 13.6 Å². The second kappa shape index (κ2) is 8.46. The number of ether oxygens (including phenoxy) is 1. The molecule has 7 heteroatoms. The fraction of sp³-hybridized carbons (Fsp3) is 0.167. The molecule has 0 saturated heterocycles. The van der Waals surface area contributed by atoms with E-state index in [9.17, 15) is 13.2 Å². The highest BCUT2D eigenvalue weighted by molar-refractivity contribution is 7.89. The molecule has 0 aromatic heterocycles. The summed E-state index contributed by atoms with van der Waals surface area (Å²) in [5.74, 6) is -0.0230. The Kier molecular flexibility index (Phi) is 6.32. The van der Waals surface area contributed by atoms with Gasteiger partial charge in [-0.05, 0) is 35.8 Å². The van der Waals surface area contributed by atoms with Crippen LogP contribution in [0.3, 0.4) is 0 Å². The van der Waals surface area contributed by atoms with Gasteiger partial charge in [-0.1, -0.05) is 36.4 Å². The molecule has 0 radical (unpaired) electrons. The zero-order chi connectivity index (χ0) is 18.3. The molecular formula is C18H20N2O4S. The Hall–Kier alpha value is -2.64. The number of carbonyl (C=O) groups excluding carboxylic acids is 1. The predicted octanol–water partition coefficient (Wildman–Crippen LogP) is 1.71. The lowest BCUT2D eigenvalue weighted by atomic mass is 10.1. The molecule has 0 unspecified atom stereocenters. The van der Waals surface area contributed by atoms with Gasteiger partial charge in [-0.3, -0.25) is 4.79 Å². The molecule has 0 aliphatic carbocycles. The van der Waals surface area contributed by atoms with Crippen molar-refractivity contribution >= 4 is 22.0 Å². The molecular weight excluding hydrogens is 340 g/mol. The van der Waals surface area contributed by atoms with Crippen molar-refractivity contribution in [2.75, 3.05) is 13.7 Å². The standard InChI is InChI=1S/C18H20N2O4S/c1-24-16-9-7-15(13-17(16)25(19,22)23)11-12-20-18(21)10-8-14-5-3-2-4-6-14/h2-10,13H,11-12H2,1H3,(H,20,21)(H2,19,22,23)/b10-8+. The maximum absolute atomic E-state index is 11.8. The molecule has 0 atom stereocenters. The van der Waals surface area contributed by atoms with E-state index in [1.54, 1.807) is 18.2 Å². The van der Waals surface area contributed by atoms with Crippen molar-refractivity contribution in [1.29, 1.82) is 0 Å². The van der Waals surface area contributed by atoms with Crippen molar-refractivity contribution in [3.8, 4) is 5.75 Å². The van der Waals surface area contributed by atoms with Crippen LogP contribution in [0.4, 0.5) is 0 Å². The second-order valence-electron chi connectivity index (χ2n) is 5.32. The summed E-state index contributed by atoms with van der Waals surface area (Å²) in [5.41, 5.74) is 1.67. The van der Waals surface area contributed by atoms with Gasteiger partial charge < -0.3 is 10.1 Å². The van der Waals surface area contributed by atoms with Crippen LogP contribution in [-0.4, -0.2) is 28.0 Å². The maximum atomic E-state index is 11.8. The van der Waals surface area contributed by atoms with Crippen LogP contribution in [0.1, 0.15) is 11.1 Å². The molecule has 1 amide bonds. The number of benzene rings is 2. The van der Waals surface area contributed by atoms with Crippen molar-refractivity contribution in [2.24, 2.45) is 5.14 Å². The third-order valence-corrected chi connectivity index (χ3v) is 4.41. The van der Waals surface area contributed by atoms with E-state index in [-0.39, 0.29) is 16.6 Å². The van der Waals surface area contributed by atoms with Crippen LogP contribution in [-0.2, 0) is 21.2 Å². The molecule has 0 saturated carbocycles. The highest BCUT2D eigenvalue weighted by Crippen LogP contribution is 2.23. The van der Waals surface area contributed by atoms with Gasteiger partial charge >= 0.3 is 0 Å². The van der Waals surface area contributed by atoms with E-state index in [0.717, 1.165) is 11.1 Å². The molecule has 0 aliphatic heterocycles. The van der Waals surface area contributed by atoms with Crippen molar-refractivity contribution in [3.05, 3.63) is 65.7 Å². The zero-order valence-corrected chi connectivity index (χ0v) is 14.6. The van der Waals surface area contributed by atoms with E-state index in [2.05, 4.69) is 5.32 Å². The number of nitrogens with two attached hydrogens (primary N) is 1. The molecule has 0 aliphatic rings.